The fraction of sp³-hybridized carbons (Fsp3) is 0.143. The van der Waals surface area contributed by atoms with E-state index in [1.54, 1.807) is 18.2 Å². The zero-order chi connectivity index (χ0) is 20.8. The number of esters is 1. The highest BCUT2D eigenvalue weighted by Crippen LogP contribution is 2.15. The van der Waals surface area contributed by atoms with E-state index in [4.69, 9.17) is 16.3 Å². The van der Waals surface area contributed by atoms with Crippen molar-refractivity contribution in [1.82, 2.24) is 10.3 Å². The van der Waals surface area contributed by atoms with Crippen LogP contribution in [0.1, 0.15) is 17.3 Å². The van der Waals surface area contributed by atoms with Crippen LogP contribution in [0.3, 0.4) is 0 Å². The predicted molar refractivity (Wildman–Crippen MR) is 110 cm³/mol. The quantitative estimate of drug-likeness (QED) is 0.607. The average Bonchev–Trinajstić information content (AvgIpc) is 2.73. The second-order valence-electron chi connectivity index (χ2n) is 6.23. The molecule has 0 radical (unpaired) electrons. The molecule has 0 unspecified atom stereocenters. The lowest BCUT2D eigenvalue weighted by Crippen LogP contribution is -2.36. The van der Waals surface area contributed by atoms with Crippen LogP contribution in [0, 0.1) is 0 Å². The maximum atomic E-state index is 12.3. The van der Waals surface area contributed by atoms with Gasteiger partial charge in [0.05, 0.1) is 5.02 Å². The summed E-state index contributed by atoms with van der Waals surface area (Å²) in [6.45, 7) is 1.07. The van der Waals surface area contributed by atoms with E-state index in [0.717, 1.165) is 10.8 Å². The molecule has 0 spiro atoms. The van der Waals surface area contributed by atoms with Crippen molar-refractivity contribution in [2.45, 2.75) is 13.0 Å². The molecule has 3 aromatic rings. The molecular formula is C21H18ClN3O4. The Bertz CT molecular complexity index is 1050. The van der Waals surface area contributed by atoms with Crippen LogP contribution in [0.15, 0.2) is 60.8 Å². The summed E-state index contributed by atoms with van der Waals surface area (Å²) in [5, 5.41) is 7.37. The zero-order valence-corrected chi connectivity index (χ0v) is 16.3. The molecular weight excluding hydrogens is 394 g/mol. The molecule has 2 aromatic carbocycles. The highest BCUT2D eigenvalue weighted by Gasteiger charge is 2.19. The molecule has 29 heavy (non-hydrogen) atoms. The van der Waals surface area contributed by atoms with E-state index < -0.39 is 23.9 Å². The summed E-state index contributed by atoms with van der Waals surface area (Å²) >= 11 is 5.73. The maximum Gasteiger partial charge on any atom is 0.326 e. The van der Waals surface area contributed by atoms with Gasteiger partial charge in [0.2, 0.25) is 0 Å². The highest BCUT2D eigenvalue weighted by molar-refractivity contribution is 6.30. The molecule has 0 saturated heterocycles. The Hall–Kier alpha value is -3.45. The standard InChI is InChI=1S/C21H18ClN3O4/c1-13(20(27)25-18-9-8-17(22)11-23-18)29-19(26)12-24-21(28)16-7-6-14-4-2-3-5-15(14)10-16/h2-11,13H,12H2,1H3,(H,24,28)(H,23,25,27)/t13-/m0/s1. The molecule has 1 heterocycles. The first-order valence-corrected chi connectivity index (χ1v) is 9.19. The first-order valence-electron chi connectivity index (χ1n) is 8.81. The minimum Gasteiger partial charge on any atom is -0.451 e. The van der Waals surface area contributed by atoms with Gasteiger partial charge in [-0.1, -0.05) is 41.9 Å². The van der Waals surface area contributed by atoms with Gasteiger partial charge in [-0.05, 0) is 42.0 Å². The Balaban J connectivity index is 1.49. The van der Waals surface area contributed by atoms with Crippen LogP contribution in [0.25, 0.3) is 10.8 Å². The molecule has 8 heteroatoms. The van der Waals surface area contributed by atoms with Gasteiger partial charge in [-0.2, -0.15) is 0 Å². The summed E-state index contributed by atoms with van der Waals surface area (Å²) in [5.74, 6) is -1.40. The Kier molecular flexibility index (Phi) is 6.41. The van der Waals surface area contributed by atoms with Gasteiger partial charge in [-0.25, -0.2) is 4.98 Å². The van der Waals surface area contributed by atoms with E-state index in [2.05, 4.69) is 15.6 Å². The van der Waals surface area contributed by atoms with Crippen molar-refractivity contribution in [3.8, 4) is 0 Å². The minimum atomic E-state index is -1.06. The largest absolute Gasteiger partial charge is 0.451 e. The van der Waals surface area contributed by atoms with Crippen molar-refractivity contribution in [3.63, 3.8) is 0 Å². The monoisotopic (exact) mass is 411 g/mol. The van der Waals surface area contributed by atoms with Crippen molar-refractivity contribution < 1.29 is 19.1 Å². The Labute approximate surface area is 172 Å². The number of nitrogens with one attached hydrogen (secondary N) is 2. The molecule has 7 nitrogen and oxygen atoms in total. The van der Waals surface area contributed by atoms with Gasteiger partial charge >= 0.3 is 5.97 Å². The number of rotatable bonds is 6. The molecule has 2 amide bonds. The molecule has 0 saturated carbocycles. The fourth-order valence-corrected chi connectivity index (χ4v) is 2.67. The number of fused-ring (bicyclic) bond motifs is 1. The lowest BCUT2D eigenvalue weighted by molar-refractivity contribution is -0.152. The van der Waals surface area contributed by atoms with Crippen LogP contribution in [0.5, 0.6) is 0 Å². The van der Waals surface area contributed by atoms with Crippen molar-refractivity contribution in [2.24, 2.45) is 0 Å². The number of pyridine rings is 1. The summed E-state index contributed by atoms with van der Waals surface area (Å²) in [4.78, 5) is 40.2. The van der Waals surface area contributed by atoms with Gasteiger partial charge in [0, 0.05) is 11.8 Å². The second-order valence-corrected chi connectivity index (χ2v) is 6.66. The number of aromatic nitrogens is 1. The molecule has 0 bridgehead atoms. The third kappa shape index (κ3) is 5.52. The maximum absolute atomic E-state index is 12.3. The van der Waals surface area contributed by atoms with E-state index in [9.17, 15) is 14.4 Å². The summed E-state index contributed by atoms with van der Waals surface area (Å²) in [5.41, 5.74) is 0.427. The number of carbonyl (C=O) groups is 3. The third-order valence-electron chi connectivity index (χ3n) is 4.06. The molecule has 0 aliphatic heterocycles. The lowest BCUT2D eigenvalue weighted by atomic mass is 10.1. The van der Waals surface area contributed by atoms with Gasteiger partial charge in [0.25, 0.3) is 11.8 Å². The molecule has 1 aromatic heterocycles. The third-order valence-corrected chi connectivity index (χ3v) is 4.28. The normalized spacial score (nSPS) is 11.5. The lowest BCUT2D eigenvalue weighted by Gasteiger charge is -2.13. The predicted octanol–water partition coefficient (Wildman–Crippen LogP) is 3.19. The van der Waals surface area contributed by atoms with Crippen molar-refractivity contribution in [2.75, 3.05) is 11.9 Å². The summed E-state index contributed by atoms with van der Waals surface area (Å²) < 4.78 is 5.05. The van der Waals surface area contributed by atoms with Gasteiger partial charge in [-0.15, -0.1) is 0 Å². The number of nitrogens with zero attached hydrogens (tertiary/aromatic N) is 1. The van der Waals surface area contributed by atoms with Crippen LogP contribution < -0.4 is 10.6 Å². The minimum absolute atomic E-state index is 0.284. The second kappa shape index (κ2) is 9.16. The Morgan fingerprint density at radius 1 is 1.07 bits per heavy atom. The molecule has 2 N–H and O–H groups in total. The number of amides is 2. The van der Waals surface area contributed by atoms with Crippen LogP contribution in [-0.4, -0.2) is 35.4 Å². The number of anilines is 1. The van der Waals surface area contributed by atoms with Gasteiger partial charge in [0.15, 0.2) is 6.10 Å². The molecule has 3 rings (SSSR count). The first kappa shape index (κ1) is 20.3. The van der Waals surface area contributed by atoms with Crippen molar-refractivity contribution in [1.29, 1.82) is 0 Å². The number of carbonyl (C=O) groups excluding carboxylic acids is 3. The van der Waals surface area contributed by atoms with Crippen molar-refractivity contribution in [3.05, 3.63) is 71.4 Å². The van der Waals surface area contributed by atoms with Crippen LogP contribution in [0.2, 0.25) is 5.02 Å². The van der Waals surface area contributed by atoms with E-state index in [1.807, 2.05) is 30.3 Å². The Morgan fingerprint density at radius 2 is 1.83 bits per heavy atom. The van der Waals surface area contributed by atoms with E-state index in [-0.39, 0.29) is 12.4 Å². The number of hydrogen-bond donors (Lipinski definition) is 2. The molecule has 0 aliphatic rings. The van der Waals surface area contributed by atoms with Gasteiger partial charge < -0.3 is 15.4 Å². The van der Waals surface area contributed by atoms with E-state index in [0.29, 0.717) is 10.6 Å². The van der Waals surface area contributed by atoms with Crippen molar-refractivity contribution >= 4 is 46.0 Å². The van der Waals surface area contributed by atoms with Crippen LogP contribution in [-0.2, 0) is 14.3 Å². The summed E-state index contributed by atoms with van der Waals surface area (Å²) in [6, 6.07) is 16.0. The molecule has 0 fully saturated rings. The van der Waals surface area contributed by atoms with Gasteiger partial charge in [0.1, 0.15) is 12.4 Å². The topological polar surface area (TPSA) is 97.4 Å². The number of halogens is 1. The zero-order valence-electron chi connectivity index (χ0n) is 15.5. The Morgan fingerprint density at radius 3 is 2.55 bits per heavy atom. The average molecular weight is 412 g/mol. The number of hydrogen-bond acceptors (Lipinski definition) is 5. The van der Waals surface area contributed by atoms with Gasteiger partial charge in [-0.3, -0.25) is 14.4 Å². The number of benzene rings is 2. The summed E-state index contributed by atoms with van der Waals surface area (Å²) in [7, 11) is 0. The molecule has 1 atom stereocenters. The van der Waals surface area contributed by atoms with E-state index in [1.165, 1.54) is 19.2 Å². The smallest absolute Gasteiger partial charge is 0.326 e. The molecule has 148 valence electrons. The highest BCUT2D eigenvalue weighted by atomic mass is 35.5. The van der Waals surface area contributed by atoms with Crippen LogP contribution >= 0.6 is 11.6 Å². The van der Waals surface area contributed by atoms with E-state index >= 15 is 0 Å². The molecule has 0 aliphatic carbocycles. The van der Waals surface area contributed by atoms with Crippen LogP contribution in [0.4, 0.5) is 5.82 Å². The fourth-order valence-electron chi connectivity index (χ4n) is 2.56. The number of ether oxygens (including phenoxy) is 1. The summed E-state index contributed by atoms with van der Waals surface area (Å²) in [6.07, 6.45) is 0.327. The SMILES string of the molecule is C[C@H](OC(=O)CNC(=O)c1ccc2ccccc2c1)C(=O)Nc1ccc(Cl)cn1. The first-order chi connectivity index (χ1) is 13.9.